The molecule has 0 spiro atoms. The summed E-state index contributed by atoms with van der Waals surface area (Å²) in [6.07, 6.45) is -0.209. The van der Waals surface area contributed by atoms with E-state index in [2.05, 4.69) is 10.1 Å². The quantitative estimate of drug-likeness (QED) is 0.195. The van der Waals surface area contributed by atoms with Crippen LogP contribution in [0.25, 0.3) is 21.9 Å². The Morgan fingerprint density at radius 3 is 2.11 bits per heavy atom. The van der Waals surface area contributed by atoms with Crippen molar-refractivity contribution in [1.29, 1.82) is 0 Å². The third kappa shape index (κ3) is 4.56. The number of hydrogen-bond acceptors (Lipinski definition) is 5. The fraction of sp³-hybridized carbons (Fsp3) is 0.133. The molecule has 1 aliphatic carbocycles. The van der Waals surface area contributed by atoms with Crippen LogP contribution in [0.15, 0.2) is 101 Å². The summed E-state index contributed by atoms with van der Waals surface area (Å²) < 4.78 is 5.84. The highest BCUT2D eigenvalue weighted by molar-refractivity contribution is 6.42. The maximum absolute atomic E-state index is 13.2. The molecule has 0 bridgehead atoms. The van der Waals surface area contributed by atoms with Gasteiger partial charge >= 0.3 is 6.09 Å². The van der Waals surface area contributed by atoms with Gasteiger partial charge in [0.2, 0.25) is 0 Å². The summed E-state index contributed by atoms with van der Waals surface area (Å²) in [4.78, 5) is 41.3. The fourth-order valence-electron chi connectivity index (χ4n) is 4.70. The fourth-order valence-corrected chi connectivity index (χ4v) is 4.70. The highest BCUT2D eigenvalue weighted by Gasteiger charge is 2.32. The standard InChI is InChI=1S/C30H23N3O4/c1-19(21-16-15-20-9-3-4-10-22(20)17-21)27(29(35)33(2)31-18-34)32-30(36)37-28-25-13-7-5-11-23(25)24-12-6-8-14-26(24)28/h3-17,19,28H,1-2H3/t19-/m0/s1. The molecule has 4 aromatic rings. The molecule has 0 saturated heterocycles. The minimum atomic E-state index is -0.907. The van der Waals surface area contributed by atoms with Crippen LogP contribution in [-0.4, -0.2) is 35.8 Å². The summed E-state index contributed by atoms with van der Waals surface area (Å²) >= 11 is 0. The zero-order valence-electron chi connectivity index (χ0n) is 20.3. The number of carbonyl (C=O) groups excluding carboxylic acids is 3. The van der Waals surface area contributed by atoms with E-state index in [0.717, 1.165) is 43.6 Å². The highest BCUT2D eigenvalue weighted by atomic mass is 16.6. The molecule has 0 aliphatic heterocycles. The topological polar surface area (TPSA) is 88.4 Å². The Morgan fingerprint density at radius 1 is 0.865 bits per heavy atom. The zero-order chi connectivity index (χ0) is 25.9. The zero-order valence-corrected chi connectivity index (χ0v) is 20.3. The molecule has 1 atom stereocenters. The Kier molecular flexibility index (Phi) is 6.45. The highest BCUT2D eigenvalue weighted by Crippen LogP contribution is 2.45. The van der Waals surface area contributed by atoms with Gasteiger partial charge < -0.3 is 4.74 Å². The summed E-state index contributed by atoms with van der Waals surface area (Å²) in [5, 5.41) is 6.23. The molecule has 1 aliphatic rings. The smallest absolute Gasteiger partial charge is 0.434 e. The third-order valence-corrected chi connectivity index (χ3v) is 6.59. The maximum atomic E-state index is 13.2. The van der Waals surface area contributed by atoms with Crippen LogP contribution in [0.3, 0.4) is 0 Å². The molecule has 7 nitrogen and oxygen atoms in total. The molecule has 0 fully saturated rings. The van der Waals surface area contributed by atoms with Crippen molar-refractivity contribution in [3.63, 3.8) is 0 Å². The lowest BCUT2D eigenvalue weighted by Crippen LogP contribution is -2.33. The Labute approximate surface area is 213 Å². The number of nitrogens with zero attached hydrogens (tertiary/aromatic N) is 3. The first-order valence-corrected chi connectivity index (χ1v) is 11.8. The normalized spacial score (nSPS) is 13.3. The predicted octanol–water partition coefficient (Wildman–Crippen LogP) is 6.00. The number of benzene rings is 4. The van der Waals surface area contributed by atoms with Crippen LogP contribution in [0.5, 0.6) is 0 Å². The van der Waals surface area contributed by atoms with Gasteiger partial charge in [0.25, 0.3) is 12.0 Å². The van der Waals surface area contributed by atoms with Crippen molar-refractivity contribution >= 4 is 34.6 Å². The number of hydrogen-bond donors (Lipinski definition) is 0. The molecule has 182 valence electrons. The number of rotatable bonds is 5. The average molecular weight is 490 g/mol. The first-order valence-electron chi connectivity index (χ1n) is 11.8. The number of fused-ring (bicyclic) bond motifs is 4. The van der Waals surface area contributed by atoms with Gasteiger partial charge in [-0.15, -0.1) is 0 Å². The molecule has 37 heavy (non-hydrogen) atoms. The first-order chi connectivity index (χ1) is 18.0. The summed E-state index contributed by atoms with van der Waals surface area (Å²) in [6, 6.07) is 29.0. The van der Waals surface area contributed by atoms with Gasteiger partial charge in [-0.25, -0.2) is 14.6 Å². The van der Waals surface area contributed by atoms with Crippen LogP contribution in [0.4, 0.5) is 4.79 Å². The van der Waals surface area contributed by atoms with E-state index in [0.29, 0.717) is 0 Å². The lowest BCUT2D eigenvalue weighted by molar-refractivity contribution is -0.123. The van der Waals surface area contributed by atoms with Crippen LogP contribution in [-0.2, 0) is 14.3 Å². The Hall–Kier alpha value is -4.87. The van der Waals surface area contributed by atoms with E-state index in [4.69, 9.17) is 4.74 Å². The van der Waals surface area contributed by atoms with E-state index in [1.165, 1.54) is 13.1 Å². The molecular weight excluding hydrogens is 466 g/mol. The molecular formula is C30H23N3O4. The van der Waals surface area contributed by atoms with Crippen molar-refractivity contribution in [3.05, 3.63) is 108 Å². The molecule has 5 rings (SSSR count). The third-order valence-electron chi connectivity index (χ3n) is 6.59. The summed E-state index contributed by atoms with van der Waals surface area (Å²) in [6.45, 7) is 1.77. The number of amides is 2. The summed E-state index contributed by atoms with van der Waals surface area (Å²) in [7, 11) is 1.31. The lowest BCUT2D eigenvalue weighted by Gasteiger charge is -2.18. The minimum absolute atomic E-state index is 0.0960. The van der Waals surface area contributed by atoms with Gasteiger partial charge in [0.1, 0.15) is 5.71 Å². The average Bonchev–Trinajstić information content (AvgIpc) is 3.24. The van der Waals surface area contributed by atoms with E-state index in [-0.39, 0.29) is 5.71 Å². The second-order valence-corrected chi connectivity index (χ2v) is 8.78. The second-order valence-electron chi connectivity index (χ2n) is 8.78. The van der Waals surface area contributed by atoms with Crippen LogP contribution < -0.4 is 0 Å². The largest absolute Gasteiger partial charge is 0.435 e. The molecule has 7 heteroatoms. The molecule has 0 N–H and O–H groups in total. The van der Waals surface area contributed by atoms with Crippen LogP contribution in [0.2, 0.25) is 0 Å². The van der Waals surface area contributed by atoms with Crippen molar-refractivity contribution in [2.24, 2.45) is 10.1 Å². The van der Waals surface area contributed by atoms with E-state index in [9.17, 15) is 14.4 Å². The summed E-state index contributed by atoms with van der Waals surface area (Å²) in [5.74, 6) is -1.29. The monoisotopic (exact) mass is 489 g/mol. The van der Waals surface area contributed by atoms with Crippen LogP contribution in [0, 0.1) is 0 Å². The van der Waals surface area contributed by atoms with Gasteiger partial charge in [-0.1, -0.05) is 103 Å². The number of carbonyl (C=O) groups is 2. The van der Waals surface area contributed by atoms with E-state index in [1.807, 2.05) is 91.0 Å². The van der Waals surface area contributed by atoms with Crippen molar-refractivity contribution in [1.82, 2.24) is 5.01 Å². The number of hydrazone groups is 1. The number of isocyanates is 1. The second kappa shape index (κ2) is 10.0. The van der Waals surface area contributed by atoms with Crippen LogP contribution >= 0.6 is 0 Å². The maximum Gasteiger partial charge on any atom is 0.434 e. The molecule has 4 aromatic carbocycles. The van der Waals surface area contributed by atoms with E-state index < -0.39 is 24.0 Å². The SMILES string of the molecule is C[C@H](C(=NC(=O)OC1c2ccccc2-c2ccccc21)C(=O)N(C)N=C=O)c1ccc2ccccc2c1. The minimum Gasteiger partial charge on any atom is -0.435 e. The Balaban J connectivity index is 1.51. The predicted molar refractivity (Wildman–Crippen MR) is 141 cm³/mol. The van der Waals surface area contributed by atoms with Crippen molar-refractivity contribution in [2.45, 2.75) is 18.9 Å². The molecule has 0 heterocycles. The first kappa shape index (κ1) is 23.9. The van der Waals surface area contributed by atoms with Gasteiger partial charge in [-0.05, 0) is 27.5 Å². The van der Waals surface area contributed by atoms with Crippen molar-refractivity contribution in [2.75, 3.05) is 7.05 Å². The van der Waals surface area contributed by atoms with E-state index in [1.54, 1.807) is 6.92 Å². The Morgan fingerprint density at radius 2 is 1.46 bits per heavy atom. The molecule has 0 aromatic heterocycles. The molecule has 0 saturated carbocycles. The molecule has 2 amide bonds. The van der Waals surface area contributed by atoms with Gasteiger partial charge in [0.15, 0.2) is 6.10 Å². The van der Waals surface area contributed by atoms with Gasteiger partial charge in [0.05, 0.1) is 0 Å². The lowest BCUT2D eigenvalue weighted by atomic mass is 9.93. The number of ether oxygens (including phenoxy) is 1. The number of aliphatic imine (C=N–C) groups is 1. The van der Waals surface area contributed by atoms with E-state index >= 15 is 0 Å². The van der Waals surface area contributed by atoms with Crippen molar-refractivity contribution < 1.29 is 19.1 Å². The molecule has 0 unspecified atom stereocenters. The van der Waals surface area contributed by atoms with Gasteiger partial charge in [-0.3, -0.25) is 4.79 Å². The Bertz CT molecular complexity index is 1560. The summed E-state index contributed by atoms with van der Waals surface area (Å²) in [5.41, 5.74) is 4.36. The van der Waals surface area contributed by atoms with Gasteiger partial charge in [-0.2, -0.15) is 4.99 Å². The van der Waals surface area contributed by atoms with Crippen LogP contribution in [0.1, 0.15) is 35.6 Å². The van der Waals surface area contributed by atoms with Crippen molar-refractivity contribution in [3.8, 4) is 11.1 Å². The molecule has 0 radical (unpaired) electrons. The van der Waals surface area contributed by atoms with Gasteiger partial charge in [0, 0.05) is 24.1 Å².